The molecule has 1 heterocycles. The fourth-order valence-electron chi connectivity index (χ4n) is 2.97. The molecule has 0 bridgehead atoms. The van der Waals surface area contributed by atoms with Crippen molar-refractivity contribution >= 4 is 34.8 Å². The van der Waals surface area contributed by atoms with Crippen molar-refractivity contribution in [2.45, 2.75) is 13.3 Å². The van der Waals surface area contributed by atoms with Gasteiger partial charge in [0, 0.05) is 24.3 Å². The highest BCUT2D eigenvalue weighted by Gasteiger charge is 2.18. The maximum Gasteiger partial charge on any atom is 0.261 e. The summed E-state index contributed by atoms with van der Waals surface area (Å²) in [7, 11) is 0. The number of nitrogens with one attached hydrogen (secondary N) is 2. The molecule has 0 aromatic heterocycles. The molecule has 7 nitrogen and oxygen atoms in total. The lowest BCUT2D eigenvalue weighted by atomic mass is 10.1. The van der Waals surface area contributed by atoms with Crippen LogP contribution in [-0.4, -0.2) is 54.7 Å². The quantitative estimate of drug-likeness (QED) is 0.690. The van der Waals surface area contributed by atoms with E-state index in [2.05, 4.69) is 10.6 Å². The second kappa shape index (κ2) is 10.7. The molecule has 2 aromatic carbocycles. The van der Waals surface area contributed by atoms with Crippen molar-refractivity contribution in [1.82, 2.24) is 10.2 Å². The molecule has 1 fully saturated rings. The molecule has 0 spiro atoms. The Morgan fingerprint density at radius 2 is 1.80 bits per heavy atom. The number of para-hydroxylation sites is 1. The zero-order valence-electron chi connectivity index (χ0n) is 16.8. The summed E-state index contributed by atoms with van der Waals surface area (Å²) >= 11 is 5.26. The molecular formula is C22H25N3O4S. The summed E-state index contributed by atoms with van der Waals surface area (Å²) in [4.78, 5) is 26.8. The maximum atomic E-state index is 12.6. The van der Waals surface area contributed by atoms with E-state index in [0.717, 1.165) is 6.42 Å². The minimum absolute atomic E-state index is 0.0237. The van der Waals surface area contributed by atoms with E-state index in [0.29, 0.717) is 55.5 Å². The number of hydrogen-bond donors (Lipinski definition) is 2. The summed E-state index contributed by atoms with van der Waals surface area (Å²) in [6.07, 6.45) is 0.847. The first kappa shape index (κ1) is 21.7. The fraction of sp³-hybridized carbons (Fsp3) is 0.318. The number of hydrogen-bond acceptors (Lipinski definition) is 5. The molecule has 3 rings (SSSR count). The molecule has 0 unspecified atom stereocenters. The van der Waals surface area contributed by atoms with Crippen LogP contribution in [0, 0.1) is 0 Å². The van der Waals surface area contributed by atoms with Crippen molar-refractivity contribution in [2.24, 2.45) is 0 Å². The molecule has 158 valence electrons. The van der Waals surface area contributed by atoms with Gasteiger partial charge in [-0.15, -0.1) is 0 Å². The van der Waals surface area contributed by atoms with Gasteiger partial charge in [-0.1, -0.05) is 19.1 Å². The highest BCUT2D eigenvalue weighted by atomic mass is 32.1. The van der Waals surface area contributed by atoms with Crippen LogP contribution in [0.25, 0.3) is 0 Å². The molecule has 1 saturated heterocycles. The number of carbonyl (C=O) groups is 2. The zero-order valence-corrected chi connectivity index (χ0v) is 17.7. The van der Waals surface area contributed by atoms with E-state index in [4.69, 9.17) is 21.7 Å². The summed E-state index contributed by atoms with van der Waals surface area (Å²) in [6.45, 7) is 4.85. The van der Waals surface area contributed by atoms with E-state index in [9.17, 15) is 9.59 Å². The zero-order chi connectivity index (χ0) is 21.3. The van der Waals surface area contributed by atoms with Gasteiger partial charge in [0.15, 0.2) is 5.11 Å². The van der Waals surface area contributed by atoms with Crippen LogP contribution in [0.4, 0.5) is 5.69 Å². The molecule has 0 atom stereocenters. The van der Waals surface area contributed by atoms with E-state index >= 15 is 0 Å². The van der Waals surface area contributed by atoms with E-state index in [1.54, 1.807) is 47.4 Å². The third-order valence-electron chi connectivity index (χ3n) is 4.51. The molecule has 30 heavy (non-hydrogen) atoms. The van der Waals surface area contributed by atoms with Crippen molar-refractivity contribution in [3.63, 3.8) is 0 Å². The van der Waals surface area contributed by atoms with Crippen LogP contribution in [0.3, 0.4) is 0 Å². The number of nitrogens with zero attached hydrogens (tertiary/aromatic N) is 1. The van der Waals surface area contributed by atoms with Gasteiger partial charge in [-0.05, 0) is 55.0 Å². The Morgan fingerprint density at radius 3 is 2.50 bits per heavy atom. The van der Waals surface area contributed by atoms with E-state index in [1.165, 1.54) is 0 Å². The highest BCUT2D eigenvalue weighted by molar-refractivity contribution is 7.80. The summed E-state index contributed by atoms with van der Waals surface area (Å²) in [5, 5.41) is 5.79. The molecular weight excluding hydrogens is 402 g/mol. The molecule has 1 aliphatic heterocycles. The van der Waals surface area contributed by atoms with Crippen LogP contribution >= 0.6 is 12.2 Å². The molecule has 1 aliphatic rings. The molecule has 0 aliphatic carbocycles. The van der Waals surface area contributed by atoms with Crippen LogP contribution in [0.5, 0.6) is 5.75 Å². The molecule has 2 aromatic rings. The first-order valence-electron chi connectivity index (χ1n) is 9.89. The number of benzene rings is 2. The monoisotopic (exact) mass is 427 g/mol. The Labute approximate surface area is 181 Å². The van der Waals surface area contributed by atoms with Gasteiger partial charge >= 0.3 is 0 Å². The van der Waals surface area contributed by atoms with Crippen molar-refractivity contribution in [2.75, 3.05) is 38.2 Å². The lowest BCUT2D eigenvalue weighted by Crippen LogP contribution is -2.40. The number of rotatable bonds is 6. The predicted octanol–water partition coefficient (Wildman–Crippen LogP) is 3.07. The fourth-order valence-corrected chi connectivity index (χ4v) is 3.18. The van der Waals surface area contributed by atoms with Crippen LogP contribution in [-0.2, 0) is 4.74 Å². The summed E-state index contributed by atoms with van der Waals surface area (Å²) < 4.78 is 10.9. The minimum Gasteiger partial charge on any atom is -0.493 e. The lowest BCUT2D eigenvalue weighted by Gasteiger charge is -2.26. The topological polar surface area (TPSA) is 79.9 Å². The second-order valence-corrected chi connectivity index (χ2v) is 7.14. The number of carbonyl (C=O) groups excluding carboxylic acids is 2. The molecule has 0 radical (unpaired) electrons. The van der Waals surface area contributed by atoms with Gasteiger partial charge in [-0.2, -0.15) is 0 Å². The van der Waals surface area contributed by atoms with Crippen LogP contribution in [0.2, 0.25) is 0 Å². The van der Waals surface area contributed by atoms with E-state index < -0.39 is 0 Å². The van der Waals surface area contributed by atoms with E-state index in [-0.39, 0.29) is 16.9 Å². The Bertz CT molecular complexity index is 896. The van der Waals surface area contributed by atoms with Crippen molar-refractivity contribution in [3.05, 3.63) is 59.7 Å². The van der Waals surface area contributed by atoms with Gasteiger partial charge in [0.2, 0.25) is 0 Å². The summed E-state index contributed by atoms with van der Waals surface area (Å²) in [5.74, 6) is 0.147. The first-order valence-corrected chi connectivity index (χ1v) is 10.3. The maximum absolute atomic E-state index is 12.6. The van der Waals surface area contributed by atoms with Gasteiger partial charge < -0.3 is 19.7 Å². The van der Waals surface area contributed by atoms with Crippen LogP contribution < -0.4 is 15.4 Å². The average Bonchev–Trinajstić information content (AvgIpc) is 2.78. The molecule has 2 amide bonds. The van der Waals surface area contributed by atoms with Gasteiger partial charge in [0.25, 0.3) is 11.8 Å². The minimum atomic E-state index is -0.349. The van der Waals surface area contributed by atoms with Gasteiger partial charge in [0.05, 0.1) is 25.4 Å². The second-order valence-electron chi connectivity index (χ2n) is 6.73. The van der Waals surface area contributed by atoms with Crippen molar-refractivity contribution in [3.8, 4) is 5.75 Å². The molecule has 8 heteroatoms. The third-order valence-corrected chi connectivity index (χ3v) is 4.71. The first-order chi connectivity index (χ1) is 14.6. The third kappa shape index (κ3) is 5.77. The van der Waals surface area contributed by atoms with Gasteiger partial charge in [0.1, 0.15) is 5.75 Å². The highest BCUT2D eigenvalue weighted by Crippen LogP contribution is 2.18. The standard InChI is InChI=1S/C22H25N3O4S/c1-2-13-29-19-6-4-3-5-18(19)20(26)24-22(30)23-17-9-7-16(8-10-17)21(27)25-11-14-28-15-12-25/h3-10H,2,11-15H2,1H3,(H2,23,24,26,30). The average molecular weight is 428 g/mol. The smallest absolute Gasteiger partial charge is 0.261 e. The Kier molecular flexibility index (Phi) is 7.75. The lowest BCUT2D eigenvalue weighted by molar-refractivity contribution is 0.0303. The summed E-state index contributed by atoms with van der Waals surface area (Å²) in [5.41, 5.74) is 1.69. The number of morpholine rings is 1. The van der Waals surface area contributed by atoms with E-state index in [1.807, 2.05) is 13.0 Å². The van der Waals surface area contributed by atoms with Crippen molar-refractivity contribution in [1.29, 1.82) is 0 Å². The Hall–Kier alpha value is -2.97. The largest absolute Gasteiger partial charge is 0.493 e. The predicted molar refractivity (Wildman–Crippen MR) is 119 cm³/mol. The SMILES string of the molecule is CCCOc1ccccc1C(=O)NC(=S)Nc1ccc(C(=O)N2CCOCC2)cc1. The number of ether oxygens (including phenoxy) is 2. The summed E-state index contributed by atoms with van der Waals surface area (Å²) in [6, 6.07) is 14.0. The Morgan fingerprint density at radius 1 is 1.10 bits per heavy atom. The van der Waals surface area contributed by atoms with Gasteiger partial charge in [-0.25, -0.2) is 0 Å². The van der Waals surface area contributed by atoms with Gasteiger partial charge in [-0.3, -0.25) is 14.9 Å². The number of thiocarbonyl (C=S) groups is 1. The normalized spacial score (nSPS) is 13.4. The van der Waals surface area contributed by atoms with Crippen molar-refractivity contribution < 1.29 is 19.1 Å². The molecule has 2 N–H and O–H groups in total. The van der Waals surface area contributed by atoms with Crippen LogP contribution in [0.15, 0.2) is 48.5 Å². The molecule has 0 saturated carbocycles. The Balaban J connectivity index is 1.57. The number of anilines is 1. The van der Waals surface area contributed by atoms with Crippen LogP contribution in [0.1, 0.15) is 34.1 Å². The number of amides is 2.